The number of nitrogens with zero attached hydrogens (tertiary/aromatic N) is 2. The Hall–Kier alpha value is -4.15. The lowest BCUT2D eigenvalue weighted by Gasteiger charge is -2.39. The van der Waals surface area contributed by atoms with Crippen molar-refractivity contribution in [1.29, 1.82) is 5.26 Å². The smallest absolute Gasteiger partial charge is 0.412 e. The first kappa shape index (κ1) is 38.1. The molecule has 2 aromatic carbocycles. The largest absolute Gasteiger partial charge is 0.495 e. The van der Waals surface area contributed by atoms with Crippen LogP contribution in [0.4, 0.5) is 14.9 Å². The topological polar surface area (TPSA) is 142 Å². The zero-order valence-corrected chi connectivity index (χ0v) is 30.6. The number of methoxy groups -OCH3 is 1. The molecule has 6 atom stereocenters. The molecule has 0 aromatic heterocycles. The van der Waals surface area contributed by atoms with E-state index in [-0.39, 0.29) is 33.0 Å². The standard InChI is InChI=1S/C37H42Cl2FN5O6/c1-21(51-35(48)45-15-13-42-14-16-45)50-34(47)22-9-12-28(29(17-22)49-5)43-33(46)32-31(24-7-6-8-26(24)39)37(20-41,30(44-32)19-36(2,3)4)25-11-10-23(38)18-27(25)40/h6-12,17-18,21,24,30-32,42,44H,13-16,19H2,1-5H3,(H,43,46)/t21?,24?,30?,31-,32+,37-/m0/s1. The first-order chi connectivity index (χ1) is 24.2. The molecule has 3 N–H and O–H groups in total. The van der Waals surface area contributed by atoms with E-state index in [0.717, 1.165) is 0 Å². The Kier molecular flexibility index (Phi) is 11.7. The monoisotopic (exact) mass is 741 g/mol. The molecule has 2 saturated heterocycles. The van der Waals surface area contributed by atoms with Crippen molar-refractivity contribution in [2.45, 2.75) is 57.9 Å². The van der Waals surface area contributed by atoms with Crippen molar-refractivity contribution in [3.05, 3.63) is 81.6 Å². The number of esters is 1. The van der Waals surface area contributed by atoms with Gasteiger partial charge in [-0.3, -0.25) is 4.79 Å². The Morgan fingerprint density at radius 3 is 2.47 bits per heavy atom. The zero-order valence-electron chi connectivity index (χ0n) is 29.1. The van der Waals surface area contributed by atoms with E-state index >= 15 is 4.39 Å². The Balaban J connectivity index is 1.42. The third-order valence-corrected chi connectivity index (χ3v) is 9.98. The summed E-state index contributed by atoms with van der Waals surface area (Å²) in [7, 11) is 1.38. The maximum absolute atomic E-state index is 15.9. The molecule has 2 aromatic rings. The summed E-state index contributed by atoms with van der Waals surface area (Å²) in [4.78, 5) is 41.3. The van der Waals surface area contributed by atoms with Crippen LogP contribution in [-0.2, 0) is 19.7 Å². The van der Waals surface area contributed by atoms with Crippen molar-refractivity contribution in [1.82, 2.24) is 15.5 Å². The van der Waals surface area contributed by atoms with Gasteiger partial charge in [0.1, 0.15) is 17.0 Å². The Morgan fingerprint density at radius 2 is 1.86 bits per heavy atom. The van der Waals surface area contributed by atoms with Crippen LogP contribution in [0.15, 0.2) is 59.7 Å². The van der Waals surface area contributed by atoms with Crippen LogP contribution in [0.5, 0.6) is 5.75 Å². The van der Waals surface area contributed by atoms with Gasteiger partial charge in [-0.15, -0.1) is 0 Å². The minimum absolute atomic E-state index is 0.0896. The van der Waals surface area contributed by atoms with Crippen molar-refractivity contribution >= 4 is 46.9 Å². The summed E-state index contributed by atoms with van der Waals surface area (Å²) >= 11 is 12.9. The highest BCUT2D eigenvalue weighted by molar-refractivity contribution is 6.30. The van der Waals surface area contributed by atoms with Gasteiger partial charge in [-0.25, -0.2) is 14.0 Å². The number of nitriles is 1. The van der Waals surface area contributed by atoms with E-state index in [4.69, 9.17) is 37.4 Å². The number of carbonyl (C=O) groups is 3. The molecule has 51 heavy (non-hydrogen) atoms. The predicted octanol–water partition coefficient (Wildman–Crippen LogP) is 6.13. The first-order valence-corrected chi connectivity index (χ1v) is 17.5. The van der Waals surface area contributed by atoms with Crippen LogP contribution in [0.25, 0.3) is 0 Å². The number of piperazine rings is 1. The van der Waals surface area contributed by atoms with Crippen LogP contribution in [0, 0.1) is 34.4 Å². The maximum atomic E-state index is 15.9. The lowest BCUT2D eigenvalue weighted by atomic mass is 9.61. The number of amides is 2. The maximum Gasteiger partial charge on any atom is 0.412 e. The summed E-state index contributed by atoms with van der Waals surface area (Å²) in [6.07, 6.45) is 3.95. The molecule has 0 saturated carbocycles. The average molecular weight is 743 g/mol. The van der Waals surface area contributed by atoms with Crippen LogP contribution in [0.2, 0.25) is 5.02 Å². The summed E-state index contributed by atoms with van der Waals surface area (Å²) in [5.74, 6) is -3.23. The fraction of sp³-hybridized carbons (Fsp3) is 0.459. The molecule has 5 rings (SSSR count). The van der Waals surface area contributed by atoms with E-state index in [1.807, 2.05) is 26.8 Å². The van der Waals surface area contributed by atoms with Crippen LogP contribution in [0.1, 0.15) is 50.0 Å². The van der Waals surface area contributed by atoms with E-state index in [2.05, 4.69) is 22.0 Å². The van der Waals surface area contributed by atoms with Gasteiger partial charge in [0.05, 0.1) is 30.5 Å². The number of carbonyl (C=O) groups excluding carboxylic acids is 3. The molecule has 11 nitrogen and oxygen atoms in total. The van der Waals surface area contributed by atoms with Gasteiger partial charge in [0.15, 0.2) is 0 Å². The van der Waals surface area contributed by atoms with E-state index in [0.29, 0.717) is 37.6 Å². The molecule has 0 spiro atoms. The second kappa shape index (κ2) is 15.6. The van der Waals surface area contributed by atoms with E-state index in [1.165, 1.54) is 55.3 Å². The number of hydrogen-bond donors (Lipinski definition) is 3. The van der Waals surface area contributed by atoms with Gasteiger partial charge in [-0.1, -0.05) is 62.2 Å². The highest BCUT2D eigenvalue weighted by Gasteiger charge is 2.62. The Bertz CT molecular complexity index is 1770. The van der Waals surface area contributed by atoms with E-state index < -0.39 is 59.4 Å². The number of ether oxygens (including phenoxy) is 3. The quantitative estimate of drug-likeness (QED) is 0.204. The minimum Gasteiger partial charge on any atom is -0.495 e. The van der Waals surface area contributed by atoms with Gasteiger partial charge in [0.2, 0.25) is 12.2 Å². The van der Waals surface area contributed by atoms with Gasteiger partial charge < -0.3 is 35.1 Å². The summed E-state index contributed by atoms with van der Waals surface area (Å²) < 4.78 is 32.1. The summed E-state index contributed by atoms with van der Waals surface area (Å²) in [6.45, 7) is 9.72. The lowest BCUT2D eigenvalue weighted by Crippen LogP contribution is -2.47. The Labute approximate surface area is 307 Å². The zero-order chi connectivity index (χ0) is 37.1. The van der Waals surface area contributed by atoms with Gasteiger partial charge in [-0.05, 0) is 48.2 Å². The number of nitrogens with one attached hydrogen (secondary N) is 3. The number of anilines is 1. The average Bonchev–Trinajstić information content (AvgIpc) is 3.64. The van der Waals surface area contributed by atoms with Crippen molar-refractivity contribution in [2.75, 3.05) is 38.6 Å². The lowest BCUT2D eigenvalue weighted by molar-refractivity contribution is -0.119. The molecule has 2 amide bonds. The molecule has 2 heterocycles. The molecule has 14 heteroatoms. The molecule has 2 fully saturated rings. The van der Waals surface area contributed by atoms with Crippen LogP contribution in [0.3, 0.4) is 0 Å². The Morgan fingerprint density at radius 1 is 1.14 bits per heavy atom. The van der Waals surface area contributed by atoms with E-state index in [9.17, 15) is 19.6 Å². The minimum atomic E-state index is -1.54. The fourth-order valence-electron chi connectivity index (χ4n) is 7.11. The fourth-order valence-corrected chi connectivity index (χ4v) is 7.55. The van der Waals surface area contributed by atoms with Gasteiger partial charge in [0, 0.05) is 66.6 Å². The van der Waals surface area contributed by atoms with Crippen molar-refractivity contribution in [3.8, 4) is 11.8 Å². The molecule has 2 aliphatic heterocycles. The molecule has 3 unspecified atom stereocenters. The molecule has 272 valence electrons. The highest BCUT2D eigenvalue weighted by atomic mass is 35.5. The normalized spacial score (nSPS) is 25.1. The number of allylic oxidation sites excluding steroid dienone is 4. The van der Waals surface area contributed by atoms with Gasteiger partial charge in [-0.2, -0.15) is 5.26 Å². The number of halogens is 3. The van der Waals surface area contributed by atoms with E-state index in [1.54, 1.807) is 12.2 Å². The van der Waals surface area contributed by atoms with Crippen LogP contribution < -0.4 is 20.7 Å². The molecule has 0 bridgehead atoms. The van der Waals surface area contributed by atoms with Crippen molar-refractivity contribution in [3.63, 3.8) is 0 Å². The number of hydrogen-bond acceptors (Lipinski definition) is 9. The van der Waals surface area contributed by atoms with Gasteiger partial charge >= 0.3 is 12.1 Å². The summed E-state index contributed by atoms with van der Waals surface area (Å²) in [5, 5.41) is 21.1. The van der Waals surface area contributed by atoms with Crippen LogP contribution >= 0.6 is 23.2 Å². The summed E-state index contributed by atoms with van der Waals surface area (Å²) in [5.41, 5.74) is -1.42. The third kappa shape index (κ3) is 8.17. The number of benzene rings is 2. The molecular formula is C37H42Cl2FN5O6. The first-order valence-electron chi connectivity index (χ1n) is 16.7. The third-order valence-electron chi connectivity index (χ3n) is 9.37. The molecule has 0 radical (unpaired) electrons. The molecule has 1 aliphatic carbocycles. The second-order valence-corrected chi connectivity index (χ2v) is 14.9. The molecule has 3 aliphatic rings. The number of rotatable bonds is 9. The second-order valence-electron chi connectivity index (χ2n) is 14.1. The SMILES string of the molecule is COc1cc(C(=O)OC(C)OC(=O)N2CCNCC2)ccc1NC(=O)[C@@H]1NC(CC(C)(C)C)[C@](C#N)(c2ccc(Cl)cc2F)[C@H]1C1C=CC=C1Cl. The summed E-state index contributed by atoms with van der Waals surface area (Å²) in [6, 6.07) is 9.30. The van der Waals surface area contributed by atoms with Crippen molar-refractivity contribution < 1.29 is 33.0 Å². The highest BCUT2D eigenvalue weighted by Crippen LogP contribution is 2.53. The predicted molar refractivity (Wildman–Crippen MR) is 191 cm³/mol. The van der Waals surface area contributed by atoms with Crippen LogP contribution in [-0.4, -0.2) is 74.5 Å². The van der Waals surface area contributed by atoms with Crippen molar-refractivity contribution in [2.24, 2.45) is 17.3 Å². The van der Waals surface area contributed by atoms with Gasteiger partial charge in [0.25, 0.3) is 0 Å². The molecular weight excluding hydrogens is 700 g/mol.